The monoisotopic (exact) mass is 284 g/mol. The number of aromatic nitrogens is 1. The van der Waals surface area contributed by atoms with Crippen molar-refractivity contribution >= 4 is 33.5 Å². The van der Waals surface area contributed by atoms with Crippen LogP contribution in [0.25, 0.3) is 21.8 Å². The maximum absolute atomic E-state index is 11.2. The number of pyridine rings is 1. The third-order valence-electron chi connectivity index (χ3n) is 3.18. The van der Waals surface area contributed by atoms with Gasteiger partial charge >= 0.3 is 5.97 Å². The fourth-order valence-electron chi connectivity index (χ4n) is 2.18. The summed E-state index contributed by atoms with van der Waals surface area (Å²) in [6, 6.07) is 8.09. The van der Waals surface area contributed by atoms with Crippen LogP contribution in [0, 0.1) is 10.1 Å². The van der Waals surface area contributed by atoms with E-state index in [-0.39, 0.29) is 27.9 Å². The van der Waals surface area contributed by atoms with Gasteiger partial charge in [0.15, 0.2) is 0 Å². The van der Waals surface area contributed by atoms with Crippen molar-refractivity contribution in [3.8, 4) is 5.75 Å². The summed E-state index contributed by atoms with van der Waals surface area (Å²) in [6.07, 6.45) is 0. The van der Waals surface area contributed by atoms with E-state index in [0.717, 1.165) is 0 Å². The quantitative estimate of drug-likeness (QED) is 0.425. The number of rotatable bonds is 2. The molecule has 2 N–H and O–H groups in total. The van der Waals surface area contributed by atoms with Crippen LogP contribution in [0.2, 0.25) is 0 Å². The highest BCUT2D eigenvalue weighted by molar-refractivity contribution is 6.07. The predicted molar refractivity (Wildman–Crippen MR) is 74.5 cm³/mol. The molecule has 7 heteroatoms. The molecule has 0 fully saturated rings. The molecular weight excluding hydrogens is 276 g/mol. The van der Waals surface area contributed by atoms with Crippen LogP contribution in [-0.4, -0.2) is 26.1 Å². The Balaban J connectivity index is 2.42. The van der Waals surface area contributed by atoms with Gasteiger partial charge in [0.25, 0.3) is 5.69 Å². The zero-order chi connectivity index (χ0) is 15.1. The van der Waals surface area contributed by atoms with Gasteiger partial charge in [-0.2, -0.15) is 0 Å². The molecule has 104 valence electrons. The fraction of sp³-hybridized carbons (Fsp3) is 0. The van der Waals surface area contributed by atoms with Crippen molar-refractivity contribution in [2.24, 2.45) is 0 Å². The molecule has 3 rings (SSSR count). The van der Waals surface area contributed by atoms with E-state index in [4.69, 9.17) is 5.11 Å². The topological polar surface area (TPSA) is 114 Å². The maximum Gasteiger partial charge on any atom is 0.337 e. The molecule has 0 bridgehead atoms. The van der Waals surface area contributed by atoms with Crippen molar-refractivity contribution in [1.29, 1.82) is 0 Å². The Morgan fingerprint density at radius 3 is 2.62 bits per heavy atom. The molecule has 7 nitrogen and oxygen atoms in total. The third-order valence-corrected chi connectivity index (χ3v) is 3.18. The number of carboxylic acid groups (broad SMARTS) is 1. The average Bonchev–Trinajstić information content (AvgIpc) is 2.45. The van der Waals surface area contributed by atoms with Crippen molar-refractivity contribution in [3.63, 3.8) is 0 Å². The second-order valence-corrected chi connectivity index (χ2v) is 4.46. The number of carboxylic acids is 1. The lowest BCUT2D eigenvalue weighted by atomic mass is 10.1. The van der Waals surface area contributed by atoms with Gasteiger partial charge in [-0.25, -0.2) is 9.78 Å². The first kappa shape index (κ1) is 12.8. The minimum Gasteiger partial charge on any atom is -0.507 e. The Morgan fingerprint density at radius 1 is 1.19 bits per heavy atom. The molecule has 0 saturated carbocycles. The second-order valence-electron chi connectivity index (χ2n) is 4.46. The fourth-order valence-corrected chi connectivity index (χ4v) is 2.18. The molecule has 0 unspecified atom stereocenters. The molecule has 0 radical (unpaired) electrons. The molecule has 1 heterocycles. The number of phenols is 1. The number of hydrogen-bond donors (Lipinski definition) is 2. The van der Waals surface area contributed by atoms with E-state index in [2.05, 4.69) is 4.98 Å². The molecule has 0 spiro atoms. The molecule has 0 aliphatic carbocycles. The van der Waals surface area contributed by atoms with Crippen LogP contribution in [0.1, 0.15) is 10.4 Å². The molecule has 0 amide bonds. The molecule has 2 aromatic carbocycles. The Labute approximate surface area is 117 Å². The van der Waals surface area contributed by atoms with Gasteiger partial charge < -0.3 is 10.2 Å². The van der Waals surface area contributed by atoms with E-state index in [1.165, 1.54) is 36.4 Å². The number of hydrogen-bond acceptors (Lipinski definition) is 5. The number of benzene rings is 2. The summed E-state index contributed by atoms with van der Waals surface area (Å²) in [5, 5.41) is 30.5. The van der Waals surface area contributed by atoms with Gasteiger partial charge in [-0.1, -0.05) is 0 Å². The lowest BCUT2D eigenvalue weighted by molar-refractivity contribution is -0.384. The van der Waals surface area contributed by atoms with Crippen molar-refractivity contribution < 1.29 is 19.9 Å². The first-order valence-corrected chi connectivity index (χ1v) is 5.91. The Kier molecular flexibility index (Phi) is 2.69. The predicted octanol–water partition coefficient (Wildman–Crippen LogP) is 2.70. The highest BCUT2D eigenvalue weighted by Gasteiger charge is 2.15. The summed E-state index contributed by atoms with van der Waals surface area (Å²) in [4.78, 5) is 25.6. The summed E-state index contributed by atoms with van der Waals surface area (Å²) in [7, 11) is 0. The number of phenolic OH excluding ortho intramolecular Hbond substituents is 1. The van der Waals surface area contributed by atoms with Gasteiger partial charge in [-0.3, -0.25) is 10.1 Å². The van der Waals surface area contributed by atoms with Crippen molar-refractivity contribution in [1.82, 2.24) is 4.98 Å². The van der Waals surface area contributed by atoms with E-state index < -0.39 is 10.9 Å². The number of aromatic hydroxyl groups is 1. The van der Waals surface area contributed by atoms with Crippen molar-refractivity contribution in [2.75, 3.05) is 0 Å². The van der Waals surface area contributed by atoms with Crippen molar-refractivity contribution in [3.05, 3.63) is 52.1 Å². The normalized spacial score (nSPS) is 10.9. The van der Waals surface area contributed by atoms with Crippen LogP contribution < -0.4 is 0 Å². The summed E-state index contributed by atoms with van der Waals surface area (Å²) >= 11 is 0. The summed E-state index contributed by atoms with van der Waals surface area (Å²) in [5.74, 6) is -1.29. The van der Waals surface area contributed by atoms with Gasteiger partial charge in [0, 0.05) is 22.9 Å². The van der Waals surface area contributed by atoms with Crippen LogP contribution in [0.4, 0.5) is 5.69 Å². The van der Waals surface area contributed by atoms with Crippen molar-refractivity contribution in [2.45, 2.75) is 0 Å². The van der Waals surface area contributed by atoms with Crippen LogP contribution in [0.15, 0.2) is 36.4 Å². The minimum absolute atomic E-state index is 0.0388. The molecule has 0 aliphatic heterocycles. The molecule has 1 aromatic heterocycles. The van der Waals surface area contributed by atoms with Crippen LogP contribution >= 0.6 is 0 Å². The van der Waals surface area contributed by atoms with Crippen LogP contribution in [0.3, 0.4) is 0 Å². The Bertz CT molecular complexity index is 920. The lowest BCUT2D eigenvalue weighted by Gasteiger charge is -2.06. The zero-order valence-corrected chi connectivity index (χ0v) is 10.5. The molecule has 21 heavy (non-hydrogen) atoms. The molecule has 3 aromatic rings. The minimum atomic E-state index is -1.16. The van der Waals surface area contributed by atoms with Crippen LogP contribution in [-0.2, 0) is 0 Å². The number of aromatic carboxylic acids is 1. The highest BCUT2D eigenvalue weighted by Crippen LogP contribution is 2.30. The third kappa shape index (κ3) is 2.00. The van der Waals surface area contributed by atoms with Gasteiger partial charge in [-0.15, -0.1) is 0 Å². The number of nitrogens with zero attached hydrogens (tertiary/aromatic N) is 2. The van der Waals surface area contributed by atoms with E-state index in [1.54, 1.807) is 0 Å². The summed E-state index contributed by atoms with van der Waals surface area (Å²) in [5.41, 5.74) is 0.422. The number of nitro groups is 1. The van der Waals surface area contributed by atoms with Gasteiger partial charge in [-0.05, 0) is 24.3 Å². The van der Waals surface area contributed by atoms with Gasteiger partial charge in [0.05, 0.1) is 21.5 Å². The first-order chi connectivity index (χ1) is 9.97. The zero-order valence-electron chi connectivity index (χ0n) is 10.5. The first-order valence-electron chi connectivity index (χ1n) is 5.91. The summed E-state index contributed by atoms with van der Waals surface area (Å²) in [6.45, 7) is 0. The molecular formula is C14H8N2O5. The van der Waals surface area contributed by atoms with E-state index in [1.807, 2.05) is 0 Å². The van der Waals surface area contributed by atoms with E-state index >= 15 is 0 Å². The van der Waals surface area contributed by atoms with Gasteiger partial charge in [0.2, 0.25) is 0 Å². The van der Waals surface area contributed by atoms with E-state index in [0.29, 0.717) is 10.9 Å². The smallest absolute Gasteiger partial charge is 0.337 e. The average molecular weight is 284 g/mol. The second kappa shape index (κ2) is 4.41. The number of fused-ring (bicyclic) bond motifs is 2. The Hall–Kier alpha value is -3.22. The largest absolute Gasteiger partial charge is 0.507 e. The Morgan fingerprint density at radius 2 is 1.95 bits per heavy atom. The van der Waals surface area contributed by atoms with Crippen LogP contribution in [0.5, 0.6) is 5.75 Å². The molecule has 0 saturated heterocycles. The highest BCUT2D eigenvalue weighted by atomic mass is 16.6. The standard InChI is InChI=1S/C14H8N2O5/c17-12-4-2-9(14(18)19)13-10(12)6-7-5-8(16(20)21)1-3-11(7)15-13/h1-6,17H,(H,18,19). The summed E-state index contributed by atoms with van der Waals surface area (Å²) < 4.78 is 0. The number of nitro benzene ring substituents is 1. The lowest BCUT2D eigenvalue weighted by Crippen LogP contribution is -1.99. The van der Waals surface area contributed by atoms with Gasteiger partial charge in [0.1, 0.15) is 5.75 Å². The molecule has 0 atom stereocenters. The number of carbonyl (C=O) groups is 1. The molecule has 0 aliphatic rings. The van der Waals surface area contributed by atoms with E-state index in [9.17, 15) is 20.0 Å². The SMILES string of the molecule is O=C(O)c1ccc(O)c2cc3cc([N+](=O)[O-])ccc3nc12. The maximum atomic E-state index is 11.2. The number of non-ortho nitro benzene ring substituents is 1.